The van der Waals surface area contributed by atoms with Gasteiger partial charge in [0.2, 0.25) is 5.91 Å². The number of benzene rings is 1. The van der Waals surface area contributed by atoms with Crippen LogP contribution in [-0.2, 0) is 9.59 Å². The molecule has 0 aromatic heterocycles. The van der Waals surface area contributed by atoms with E-state index in [-0.39, 0.29) is 12.3 Å². The number of aryl methyl sites for hydroxylation is 1. The molecule has 0 aliphatic rings. The minimum atomic E-state index is -0.959. The molecule has 4 heteroatoms. The number of carboxylic acids is 1. The predicted molar refractivity (Wildman–Crippen MR) is 61.2 cm³/mol. The molecule has 0 saturated carbocycles. The summed E-state index contributed by atoms with van der Waals surface area (Å²) in [6.45, 7) is 3.44. The van der Waals surface area contributed by atoms with Gasteiger partial charge >= 0.3 is 5.97 Å². The van der Waals surface area contributed by atoms with Crippen LogP contribution in [0.3, 0.4) is 0 Å². The van der Waals surface area contributed by atoms with Gasteiger partial charge < -0.3 is 10.4 Å². The molecule has 2 N–H and O–H groups in total. The highest BCUT2D eigenvalue weighted by molar-refractivity contribution is 5.93. The predicted octanol–water partition coefficient (Wildman–Crippen LogP) is 2.04. The largest absolute Gasteiger partial charge is 0.481 e. The van der Waals surface area contributed by atoms with E-state index in [9.17, 15) is 9.59 Å². The van der Waals surface area contributed by atoms with Crippen LogP contribution in [0.2, 0.25) is 0 Å². The van der Waals surface area contributed by atoms with Crippen molar-refractivity contribution in [3.05, 3.63) is 29.8 Å². The molecule has 0 fully saturated rings. The minimum Gasteiger partial charge on any atom is -0.481 e. The zero-order valence-electron chi connectivity index (χ0n) is 9.36. The second kappa shape index (κ2) is 5.30. The SMILES string of the molecule is Cc1cccc(NC(=O)CC(C)C(=O)O)c1. The van der Waals surface area contributed by atoms with Crippen LogP contribution in [-0.4, -0.2) is 17.0 Å². The second-order valence-electron chi connectivity index (χ2n) is 3.86. The van der Waals surface area contributed by atoms with E-state index >= 15 is 0 Å². The normalized spacial score (nSPS) is 11.9. The van der Waals surface area contributed by atoms with Gasteiger partial charge in [-0.25, -0.2) is 0 Å². The average Bonchev–Trinajstić information content (AvgIpc) is 2.16. The summed E-state index contributed by atoms with van der Waals surface area (Å²) in [5, 5.41) is 11.3. The van der Waals surface area contributed by atoms with Crippen LogP contribution >= 0.6 is 0 Å². The first-order chi connectivity index (χ1) is 7.49. The van der Waals surface area contributed by atoms with Gasteiger partial charge in [-0.2, -0.15) is 0 Å². The zero-order chi connectivity index (χ0) is 12.1. The van der Waals surface area contributed by atoms with Crippen molar-refractivity contribution in [3.63, 3.8) is 0 Å². The Hall–Kier alpha value is -1.84. The van der Waals surface area contributed by atoms with Crippen LogP contribution in [0.1, 0.15) is 18.9 Å². The van der Waals surface area contributed by atoms with Crippen LogP contribution in [0.15, 0.2) is 24.3 Å². The van der Waals surface area contributed by atoms with Gasteiger partial charge in [0.05, 0.1) is 5.92 Å². The molecule has 1 rings (SSSR count). The number of carboxylic acid groups (broad SMARTS) is 1. The molecule has 1 amide bonds. The Balaban J connectivity index is 2.55. The number of anilines is 1. The Labute approximate surface area is 94.3 Å². The molecule has 0 spiro atoms. The fourth-order valence-corrected chi connectivity index (χ4v) is 1.30. The monoisotopic (exact) mass is 221 g/mol. The molecule has 1 aromatic carbocycles. The van der Waals surface area contributed by atoms with E-state index < -0.39 is 11.9 Å². The first-order valence-electron chi connectivity index (χ1n) is 5.08. The van der Waals surface area contributed by atoms with Crippen molar-refractivity contribution in [3.8, 4) is 0 Å². The van der Waals surface area contributed by atoms with Crippen molar-refractivity contribution in [1.29, 1.82) is 0 Å². The lowest BCUT2D eigenvalue weighted by atomic mass is 10.1. The number of hydrogen-bond acceptors (Lipinski definition) is 2. The third kappa shape index (κ3) is 3.73. The van der Waals surface area contributed by atoms with Gasteiger partial charge in [0, 0.05) is 12.1 Å². The maximum atomic E-state index is 11.5. The molecule has 16 heavy (non-hydrogen) atoms. The molecule has 0 aliphatic heterocycles. The Morgan fingerprint density at radius 3 is 2.69 bits per heavy atom. The Morgan fingerprint density at radius 1 is 1.44 bits per heavy atom. The van der Waals surface area contributed by atoms with Gasteiger partial charge in [-0.15, -0.1) is 0 Å². The molecule has 1 aromatic rings. The third-order valence-corrected chi connectivity index (χ3v) is 2.21. The topological polar surface area (TPSA) is 66.4 Å². The van der Waals surface area contributed by atoms with Crippen molar-refractivity contribution in [2.45, 2.75) is 20.3 Å². The Morgan fingerprint density at radius 2 is 2.12 bits per heavy atom. The van der Waals surface area contributed by atoms with E-state index in [1.807, 2.05) is 25.1 Å². The van der Waals surface area contributed by atoms with Crippen molar-refractivity contribution in [2.24, 2.45) is 5.92 Å². The summed E-state index contributed by atoms with van der Waals surface area (Å²) in [6, 6.07) is 7.38. The maximum Gasteiger partial charge on any atom is 0.306 e. The number of rotatable bonds is 4. The van der Waals surface area contributed by atoms with Gasteiger partial charge in [-0.3, -0.25) is 9.59 Å². The highest BCUT2D eigenvalue weighted by Crippen LogP contribution is 2.11. The molecule has 0 heterocycles. The molecular formula is C12H15NO3. The molecule has 86 valence electrons. The summed E-state index contributed by atoms with van der Waals surface area (Å²) < 4.78 is 0. The standard InChI is InChI=1S/C12H15NO3/c1-8-4-3-5-10(6-8)13-11(14)7-9(2)12(15)16/h3-6,9H,7H2,1-2H3,(H,13,14)(H,15,16). The molecule has 0 aliphatic carbocycles. The molecule has 1 atom stereocenters. The van der Waals surface area contributed by atoms with Crippen LogP contribution in [0, 0.1) is 12.8 Å². The Kier molecular flexibility index (Phi) is 4.05. The molecule has 0 saturated heterocycles. The first kappa shape index (κ1) is 12.2. The van der Waals surface area contributed by atoms with Gasteiger partial charge in [0.25, 0.3) is 0 Å². The van der Waals surface area contributed by atoms with Crippen LogP contribution in [0.4, 0.5) is 5.69 Å². The lowest BCUT2D eigenvalue weighted by molar-refractivity contribution is -0.142. The van der Waals surface area contributed by atoms with Crippen molar-refractivity contribution >= 4 is 17.6 Å². The summed E-state index contributed by atoms with van der Waals surface area (Å²) in [5.74, 6) is -1.90. The summed E-state index contributed by atoms with van der Waals surface area (Å²) in [7, 11) is 0. The van der Waals surface area contributed by atoms with Crippen molar-refractivity contribution in [1.82, 2.24) is 0 Å². The number of hydrogen-bond donors (Lipinski definition) is 2. The van der Waals surface area contributed by atoms with E-state index in [1.165, 1.54) is 6.92 Å². The minimum absolute atomic E-state index is 0.0106. The van der Waals surface area contributed by atoms with Crippen LogP contribution in [0.25, 0.3) is 0 Å². The highest BCUT2D eigenvalue weighted by atomic mass is 16.4. The highest BCUT2D eigenvalue weighted by Gasteiger charge is 2.15. The van der Waals surface area contributed by atoms with Crippen LogP contribution in [0.5, 0.6) is 0 Å². The number of aliphatic carboxylic acids is 1. The molecule has 0 radical (unpaired) electrons. The van der Waals surface area contributed by atoms with E-state index in [0.717, 1.165) is 5.56 Å². The van der Waals surface area contributed by atoms with Gasteiger partial charge in [0.1, 0.15) is 0 Å². The quantitative estimate of drug-likeness (QED) is 0.817. The molecular weight excluding hydrogens is 206 g/mol. The first-order valence-corrected chi connectivity index (χ1v) is 5.08. The fraction of sp³-hybridized carbons (Fsp3) is 0.333. The van der Waals surface area contributed by atoms with E-state index in [2.05, 4.69) is 5.32 Å². The number of amides is 1. The number of carbonyl (C=O) groups excluding carboxylic acids is 1. The van der Waals surface area contributed by atoms with E-state index in [1.54, 1.807) is 6.07 Å². The summed E-state index contributed by atoms with van der Waals surface area (Å²) in [5.41, 5.74) is 1.74. The van der Waals surface area contributed by atoms with Crippen molar-refractivity contribution in [2.75, 3.05) is 5.32 Å². The lowest BCUT2D eigenvalue weighted by Gasteiger charge is -2.08. The Bertz CT molecular complexity index is 401. The van der Waals surface area contributed by atoms with Gasteiger partial charge in [-0.05, 0) is 24.6 Å². The fourth-order valence-electron chi connectivity index (χ4n) is 1.30. The van der Waals surface area contributed by atoms with Crippen molar-refractivity contribution < 1.29 is 14.7 Å². The maximum absolute atomic E-state index is 11.5. The average molecular weight is 221 g/mol. The van der Waals surface area contributed by atoms with Gasteiger partial charge in [-0.1, -0.05) is 19.1 Å². The number of nitrogens with one attached hydrogen (secondary N) is 1. The molecule has 4 nitrogen and oxygen atoms in total. The summed E-state index contributed by atoms with van der Waals surface area (Å²) >= 11 is 0. The summed E-state index contributed by atoms with van der Waals surface area (Å²) in [6.07, 6.45) is -0.0106. The smallest absolute Gasteiger partial charge is 0.306 e. The summed E-state index contributed by atoms with van der Waals surface area (Å²) in [4.78, 5) is 22.0. The number of carbonyl (C=O) groups is 2. The van der Waals surface area contributed by atoms with E-state index in [0.29, 0.717) is 5.69 Å². The van der Waals surface area contributed by atoms with Crippen LogP contribution < -0.4 is 5.32 Å². The third-order valence-electron chi connectivity index (χ3n) is 2.21. The van der Waals surface area contributed by atoms with E-state index in [4.69, 9.17) is 5.11 Å². The second-order valence-corrected chi connectivity index (χ2v) is 3.86. The lowest BCUT2D eigenvalue weighted by Crippen LogP contribution is -2.19. The molecule has 0 bridgehead atoms. The molecule has 1 unspecified atom stereocenters. The zero-order valence-corrected chi connectivity index (χ0v) is 9.36. The van der Waals surface area contributed by atoms with Gasteiger partial charge in [0.15, 0.2) is 0 Å².